The van der Waals surface area contributed by atoms with E-state index < -0.39 is 0 Å². The van der Waals surface area contributed by atoms with Crippen LogP contribution in [0.3, 0.4) is 0 Å². The molecule has 5 nitrogen and oxygen atoms in total. The van der Waals surface area contributed by atoms with Crippen LogP contribution in [0.25, 0.3) is 0 Å². The smallest absolute Gasteiger partial charge is 0.322 e. The minimum absolute atomic E-state index is 0.0185. The van der Waals surface area contributed by atoms with Crippen molar-refractivity contribution in [2.45, 2.75) is 25.8 Å². The lowest BCUT2D eigenvalue weighted by molar-refractivity contribution is -0.126. The number of carbonyl (C=O) groups is 2. The van der Waals surface area contributed by atoms with Crippen molar-refractivity contribution in [3.8, 4) is 0 Å². The van der Waals surface area contributed by atoms with Gasteiger partial charge in [-0.2, -0.15) is 0 Å². The van der Waals surface area contributed by atoms with E-state index in [9.17, 15) is 9.59 Å². The van der Waals surface area contributed by atoms with E-state index in [-0.39, 0.29) is 23.9 Å². The van der Waals surface area contributed by atoms with Gasteiger partial charge in [0.15, 0.2) is 0 Å². The van der Waals surface area contributed by atoms with Crippen molar-refractivity contribution in [3.63, 3.8) is 0 Å². The number of rotatable bonds is 4. The van der Waals surface area contributed by atoms with Gasteiger partial charge in [0.2, 0.25) is 5.91 Å². The highest BCUT2D eigenvalue weighted by Gasteiger charge is 2.29. The SMILES string of the molecule is CC(NC(=O)C1CCCN(C(=O)Nc2cccs2)C1)c1ccccc1. The summed E-state index contributed by atoms with van der Waals surface area (Å²) in [5, 5.41) is 8.72. The average molecular weight is 357 g/mol. The van der Waals surface area contributed by atoms with Crippen LogP contribution >= 0.6 is 11.3 Å². The van der Waals surface area contributed by atoms with E-state index in [1.165, 1.54) is 11.3 Å². The standard InChI is InChI=1S/C19H23N3O2S/c1-14(15-7-3-2-4-8-15)20-18(23)16-9-5-11-22(13-16)19(24)21-17-10-6-12-25-17/h2-4,6-8,10,12,14,16H,5,9,11,13H2,1H3,(H,20,23)(H,21,24). The zero-order valence-corrected chi connectivity index (χ0v) is 15.1. The van der Waals surface area contributed by atoms with Crippen LogP contribution in [-0.4, -0.2) is 29.9 Å². The Labute approximate surface area is 152 Å². The molecule has 1 aliphatic rings. The van der Waals surface area contributed by atoms with Crippen molar-refractivity contribution < 1.29 is 9.59 Å². The monoisotopic (exact) mass is 357 g/mol. The first kappa shape index (κ1) is 17.5. The Hall–Kier alpha value is -2.34. The molecule has 0 aliphatic carbocycles. The molecule has 2 unspecified atom stereocenters. The number of nitrogens with zero attached hydrogens (tertiary/aromatic N) is 1. The molecule has 2 N–H and O–H groups in total. The van der Waals surface area contributed by atoms with E-state index in [1.54, 1.807) is 4.90 Å². The lowest BCUT2D eigenvalue weighted by Crippen LogP contribution is -2.47. The maximum absolute atomic E-state index is 12.6. The summed E-state index contributed by atoms with van der Waals surface area (Å²) in [6.45, 7) is 3.14. The van der Waals surface area contributed by atoms with Crippen LogP contribution in [0.5, 0.6) is 0 Å². The van der Waals surface area contributed by atoms with Gasteiger partial charge in [0, 0.05) is 13.1 Å². The quantitative estimate of drug-likeness (QED) is 0.872. The molecule has 3 amide bonds. The molecule has 2 heterocycles. The van der Waals surface area contributed by atoms with Crippen LogP contribution in [0, 0.1) is 5.92 Å². The second-order valence-electron chi connectivity index (χ2n) is 6.33. The summed E-state index contributed by atoms with van der Waals surface area (Å²) >= 11 is 1.49. The van der Waals surface area contributed by atoms with Crippen LogP contribution in [0.1, 0.15) is 31.4 Å². The van der Waals surface area contributed by atoms with Gasteiger partial charge in [0.25, 0.3) is 0 Å². The fraction of sp³-hybridized carbons (Fsp3) is 0.368. The van der Waals surface area contributed by atoms with Gasteiger partial charge < -0.3 is 10.2 Å². The first-order valence-electron chi connectivity index (χ1n) is 8.58. The largest absolute Gasteiger partial charge is 0.349 e. The van der Waals surface area contributed by atoms with Gasteiger partial charge in [0.05, 0.1) is 17.0 Å². The molecule has 1 fully saturated rings. The molecule has 25 heavy (non-hydrogen) atoms. The van der Waals surface area contributed by atoms with Crippen molar-refractivity contribution in [1.29, 1.82) is 0 Å². The molecule has 3 rings (SSSR count). The molecule has 6 heteroatoms. The third-order valence-electron chi connectivity index (χ3n) is 4.49. The molecule has 0 radical (unpaired) electrons. The van der Waals surface area contributed by atoms with Crippen molar-refractivity contribution in [1.82, 2.24) is 10.2 Å². The Morgan fingerprint density at radius 3 is 2.72 bits per heavy atom. The van der Waals surface area contributed by atoms with Gasteiger partial charge in [0.1, 0.15) is 0 Å². The van der Waals surface area contributed by atoms with E-state index >= 15 is 0 Å². The summed E-state index contributed by atoms with van der Waals surface area (Å²) in [6.07, 6.45) is 1.66. The second kappa shape index (κ2) is 8.16. The number of nitrogens with one attached hydrogen (secondary N) is 2. The summed E-state index contributed by atoms with van der Waals surface area (Å²) in [6, 6.07) is 13.5. The summed E-state index contributed by atoms with van der Waals surface area (Å²) in [5.74, 6) is -0.140. The number of amides is 3. The maximum Gasteiger partial charge on any atom is 0.322 e. The molecule has 2 aromatic rings. The number of thiophene rings is 1. The fourth-order valence-corrected chi connectivity index (χ4v) is 3.67. The van der Waals surface area contributed by atoms with Gasteiger partial charge in [-0.3, -0.25) is 10.1 Å². The van der Waals surface area contributed by atoms with E-state index in [4.69, 9.17) is 0 Å². The fourth-order valence-electron chi connectivity index (χ4n) is 3.07. The molecule has 0 spiro atoms. The van der Waals surface area contributed by atoms with Gasteiger partial charge in [-0.15, -0.1) is 11.3 Å². The van der Waals surface area contributed by atoms with Crippen molar-refractivity contribution in [3.05, 3.63) is 53.4 Å². The Morgan fingerprint density at radius 2 is 2.00 bits per heavy atom. The van der Waals surface area contributed by atoms with Crippen molar-refractivity contribution in [2.24, 2.45) is 5.92 Å². The summed E-state index contributed by atoms with van der Waals surface area (Å²) in [7, 11) is 0. The van der Waals surface area contributed by atoms with Gasteiger partial charge >= 0.3 is 6.03 Å². The van der Waals surface area contributed by atoms with Crippen LogP contribution in [0.4, 0.5) is 9.80 Å². The zero-order chi connectivity index (χ0) is 17.6. The predicted molar refractivity (Wildman–Crippen MR) is 101 cm³/mol. The zero-order valence-electron chi connectivity index (χ0n) is 14.3. The van der Waals surface area contributed by atoms with Gasteiger partial charge in [-0.25, -0.2) is 4.79 Å². The first-order chi connectivity index (χ1) is 12.1. The van der Waals surface area contributed by atoms with E-state index in [1.807, 2.05) is 54.8 Å². The van der Waals surface area contributed by atoms with E-state index in [0.717, 1.165) is 23.4 Å². The molecule has 1 saturated heterocycles. The van der Waals surface area contributed by atoms with E-state index in [2.05, 4.69) is 10.6 Å². The van der Waals surface area contributed by atoms with Crippen molar-refractivity contribution in [2.75, 3.05) is 18.4 Å². The number of benzene rings is 1. The third-order valence-corrected chi connectivity index (χ3v) is 5.27. The minimum Gasteiger partial charge on any atom is -0.349 e. The number of hydrogen-bond donors (Lipinski definition) is 2. The molecule has 1 aromatic carbocycles. The topological polar surface area (TPSA) is 61.4 Å². The lowest BCUT2D eigenvalue weighted by Gasteiger charge is -2.32. The molecule has 0 saturated carbocycles. The summed E-state index contributed by atoms with van der Waals surface area (Å²) in [5.41, 5.74) is 1.08. The number of piperidine rings is 1. The highest BCUT2D eigenvalue weighted by Crippen LogP contribution is 2.21. The van der Waals surface area contributed by atoms with E-state index in [0.29, 0.717) is 13.1 Å². The Bertz CT molecular complexity index is 703. The first-order valence-corrected chi connectivity index (χ1v) is 9.46. The van der Waals surface area contributed by atoms with Gasteiger partial charge in [-0.1, -0.05) is 30.3 Å². The van der Waals surface area contributed by atoms with Crippen LogP contribution in [0.2, 0.25) is 0 Å². The summed E-state index contributed by atoms with van der Waals surface area (Å²) < 4.78 is 0. The summed E-state index contributed by atoms with van der Waals surface area (Å²) in [4.78, 5) is 26.7. The molecular weight excluding hydrogens is 334 g/mol. The predicted octanol–water partition coefficient (Wildman–Crippen LogP) is 3.87. The minimum atomic E-state index is -0.158. The van der Waals surface area contributed by atoms with Crippen molar-refractivity contribution >= 4 is 28.3 Å². The molecule has 1 aliphatic heterocycles. The highest BCUT2D eigenvalue weighted by atomic mass is 32.1. The molecule has 1 aromatic heterocycles. The number of carbonyl (C=O) groups excluding carboxylic acids is 2. The number of hydrogen-bond acceptors (Lipinski definition) is 3. The third kappa shape index (κ3) is 4.60. The second-order valence-corrected chi connectivity index (χ2v) is 7.28. The Morgan fingerprint density at radius 1 is 1.20 bits per heavy atom. The van der Waals surface area contributed by atoms with Crippen LogP contribution in [0.15, 0.2) is 47.8 Å². The number of anilines is 1. The number of likely N-dealkylation sites (tertiary alicyclic amines) is 1. The highest BCUT2D eigenvalue weighted by molar-refractivity contribution is 7.14. The molecule has 132 valence electrons. The van der Waals surface area contributed by atoms with Crippen LogP contribution < -0.4 is 10.6 Å². The Kier molecular flexibility index (Phi) is 5.71. The lowest BCUT2D eigenvalue weighted by atomic mass is 9.96. The Balaban J connectivity index is 1.55. The maximum atomic E-state index is 12.6. The normalized spacial score (nSPS) is 18.4. The average Bonchev–Trinajstić information content (AvgIpc) is 3.15. The molecule has 2 atom stereocenters. The van der Waals surface area contributed by atoms with Crippen LogP contribution in [-0.2, 0) is 4.79 Å². The molecule has 0 bridgehead atoms. The number of urea groups is 1. The molecular formula is C19H23N3O2S. The van der Waals surface area contributed by atoms with Gasteiger partial charge in [-0.05, 0) is 42.8 Å².